The van der Waals surface area contributed by atoms with Gasteiger partial charge in [0.1, 0.15) is 28.2 Å². The summed E-state index contributed by atoms with van der Waals surface area (Å²) in [4.78, 5) is 30.3. The Bertz CT molecular complexity index is 1570. The van der Waals surface area contributed by atoms with Gasteiger partial charge in [0.05, 0.1) is 11.0 Å². The van der Waals surface area contributed by atoms with Crippen LogP contribution in [0.2, 0.25) is 0 Å². The summed E-state index contributed by atoms with van der Waals surface area (Å²) in [5, 5.41) is 14.9. The smallest absolute Gasteiger partial charge is 0.410 e. The molecule has 12 heteroatoms. The first-order valence-electron chi connectivity index (χ1n) is 15.5. The zero-order chi connectivity index (χ0) is 31.2. The summed E-state index contributed by atoms with van der Waals surface area (Å²) in [5.41, 5.74) is 8.44. The molecule has 1 amide bonds. The van der Waals surface area contributed by atoms with Crippen LogP contribution in [0.1, 0.15) is 86.8 Å². The Morgan fingerprint density at radius 2 is 1.89 bits per heavy atom. The predicted octanol–water partition coefficient (Wildman–Crippen LogP) is 5.16. The van der Waals surface area contributed by atoms with Crippen molar-refractivity contribution in [2.45, 2.75) is 76.7 Å². The van der Waals surface area contributed by atoms with Crippen LogP contribution in [-0.2, 0) is 16.6 Å². The third kappa shape index (κ3) is 5.87. The molecule has 3 aromatic heterocycles. The van der Waals surface area contributed by atoms with Crippen molar-refractivity contribution in [1.82, 2.24) is 24.9 Å². The van der Waals surface area contributed by atoms with Crippen molar-refractivity contribution >= 4 is 28.2 Å². The fourth-order valence-corrected chi connectivity index (χ4v) is 7.86. The first kappa shape index (κ1) is 30.3. The first-order chi connectivity index (χ1) is 20.9. The Morgan fingerprint density at radius 3 is 2.57 bits per heavy atom. The minimum absolute atomic E-state index is 0.255. The molecular formula is C32H42N8O3S. The van der Waals surface area contributed by atoms with Crippen LogP contribution in [-0.4, -0.2) is 82.9 Å². The molecular weight excluding hydrogens is 576 g/mol. The van der Waals surface area contributed by atoms with Gasteiger partial charge in [-0.25, -0.2) is 9.78 Å². The van der Waals surface area contributed by atoms with Crippen molar-refractivity contribution in [3.63, 3.8) is 0 Å². The lowest BCUT2D eigenvalue weighted by molar-refractivity contribution is 0.0205. The van der Waals surface area contributed by atoms with Crippen LogP contribution in [0.4, 0.5) is 15.6 Å². The van der Waals surface area contributed by atoms with Gasteiger partial charge in [0.2, 0.25) is 11.7 Å². The molecule has 3 aromatic rings. The average molecular weight is 619 g/mol. The van der Waals surface area contributed by atoms with E-state index in [1.165, 1.54) is 16.9 Å². The van der Waals surface area contributed by atoms with Gasteiger partial charge in [-0.1, -0.05) is 5.16 Å². The molecule has 1 aliphatic carbocycles. The highest BCUT2D eigenvalue weighted by atomic mass is 32.1. The first-order valence-corrected chi connectivity index (χ1v) is 16.4. The number of ether oxygens (including phenoxy) is 1. The number of amides is 1. The minimum atomic E-state index is -0.593. The number of carbonyl (C=O) groups is 1. The van der Waals surface area contributed by atoms with E-state index >= 15 is 0 Å². The molecule has 1 atom stereocenters. The molecule has 6 rings (SSSR count). The molecule has 2 N–H and O–H groups in total. The summed E-state index contributed by atoms with van der Waals surface area (Å²) in [7, 11) is 2.14. The zero-order valence-corrected chi connectivity index (χ0v) is 27.2. The second-order valence-electron chi connectivity index (χ2n) is 13.5. The molecule has 0 aromatic carbocycles. The summed E-state index contributed by atoms with van der Waals surface area (Å²) in [6, 6.07) is 6.60. The van der Waals surface area contributed by atoms with Gasteiger partial charge in [0, 0.05) is 49.7 Å². The summed E-state index contributed by atoms with van der Waals surface area (Å²) in [5.74, 6) is 2.11. The highest BCUT2D eigenvalue weighted by Crippen LogP contribution is 2.48. The molecule has 0 spiro atoms. The lowest BCUT2D eigenvalue weighted by Gasteiger charge is -2.35. The monoisotopic (exact) mass is 618 g/mol. The van der Waals surface area contributed by atoms with Crippen molar-refractivity contribution in [1.29, 1.82) is 5.26 Å². The molecule has 2 saturated heterocycles. The van der Waals surface area contributed by atoms with Crippen LogP contribution in [0, 0.1) is 11.3 Å². The number of anilines is 2. The Labute approximate surface area is 263 Å². The van der Waals surface area contributed by atoms with Gasteiger partial charge in [-0.05, 0) is 90.5 Å². The minimum Gasteiger partial charge on any atom is -0.444 e. The number of rotatable bonds is 4. The Morgan fingerprint density at radius 1 is 1.16 bits per heavy atom. The number of fused-ring (bicyclic) bond motifs is 1. The molecule has 0 radical (unpaired) electrons. The molecule has 44 heavy (non-hydrogen) atoms. The third-order valence-electron chi connectivity index (χ3n) is 9.16. The van der Waals surface area contributed by atoms with Crippen LogP contribution >= 0.6 is 11.3 Å². The highest BCUT2D eigenvalue weighted by Gasteiger charge is 2.43. The predicted molar refractivity (Wildman–Crippen MR) is 170 cm³/mol. The molecule has 2 fully saturated rings. The van der Waals surface area contributed by atoms with Crippen molar-refractivity contribution in [3.8, 4) is 17.6 Å². The van der Waals surface area contributed by atoms with E-state index in [4.69, 9.17) is 25.0 Å². The van der Waals surface area contributed by atoms with E-state index in [0.29, 0.717) is 41.1 Å². The number of thiophene rings is 1. The maximum atomic E-state index is 12.7. The SMILES string of the molecule is CN1CCN(c2cc(C3CCN(C(=O)OC(C)(C)C)CC3)cc(-c3noc(C4(C)CCCc5sc(N)c(C#N)c54)n3)n2)CC1. The third-order valence-corrected chi connectivity index (χ3v) is 10.2. The number of likely N-dealkylation sites (N-methyl/N-ethyl adjacent to an activating group) is 1. The quantitative estimate of drug-likeness (QED) is 0.418. The number of carbonyl (C=O) groups excluding carboxylic acids is 1. The number of pyridine rings is 1. The van der Waals surface area contributed by atoms with Crippen molar-refractivity contribution in [3.05, 3.63) is 39.6 Å². The number of nitrogens with two attached hydrogens (primary N) is 1. The number of hydrogen-bond acceptors (Lipinski definition) is 11. The maximum absolute atomic E-state index is 12.7. The Hall–Kier alpha value is -3.69. The molecule has 2 aliphatic heterocycles. The molecule has 11 nitrogen and oxygen atoms in total. The maximum Gasteiger partial charge on any atom is 0.410 e. The van der Waals surface area contributed by atoms with Gasteiger partial charge in [-0.15, -0.1) is 11.3 Å². The molecule has 5 heterocycles. The van der Waals surface area contributed by atoms with Crippen LogP contribution in [0.3, 0.4) is 0 Å². The Balaban J connectivity index is 1.31. The topological polar surface area (TPSA) is 138 Å². The molecule has 0 saturated carbocycles. The van der Waals surface area contributed by atoms with Crippen molar-refractivity contribution < 1.29 is 14.1 Å². The second-order valence-corrected chi connectivity index (χ2v) is 14.7. The fourth-order valence-electron chi connectivity index (χ4n) is 6.67. The van der Waals surface area contributed by atoms with Gasteiger partial charge in [-0.2, -0.15) is 10.2 Å². The Kier molecular flexibility index (Phi) is 8.05. The summed E-state index contributed by atoms with van der Waals surface area (Å²) in [6.07, 6.45) is 4.06. The lowest BCUT2D eigenvalue weighted by Crippen LogP contribution is -2.45. The van der Waals surface area contributed by atoms with Gasteiger partial charge >= 0.3 is 6.09 Å². The highest BCUT2D eigenvalue weighted by molar-refractivity contribution is 7.16. The lowest BCUT2D eigenvalue weighted by atomic mass is 9.72. The largest absolute Gasteiger partial charge is 0.444 e. The molecule has 234 valence electrons. The molecule has 0 bridgehead atoms. The number of hydrogen-bond donors (Lipinski definition) is 1. The summed E-state index contributed by atoms with van der Waals surface area (Å²) >= 11 is 1.49. The number of nitrogens with zero attached hydrogens (tertiary/aromatic N) is 7. The summed E-state index contributed by atoms with van der Waals surface area (Å²) in [6.45, 7) is 12.7. The van der Waals surface area contributed by atoms with Crippen LogP contribution in [0.15, 0.2) is 16.7 Å². The fraction of sp³-hybridized carbons (Fsp3) is 0.594. The van der Waals surface area contributed by atoms with E-state index in [9.17, 15) is 10.1 Å². The van der Waals surface area contributed by atoms with E-state index in [0.717, 1.165) is 74.5 Å². The van der Waals surface area contributed by atoms with Gasteiger partial charge in [0.25, 0.3) is 0 Å². The van der Waals surface area contributed by atoms with Crippen LogP contribution in [0.5, 0.6) is 0 Å². The number of aromatic nitrogens is 3. The number of piperidine rings is 1. The van der Waals surface area contributed by atoms with Crippen LogP contribution < -0.4 is 10.6 Å². The van der Waals surface area contributed by atoms with Gasteiger partial charge in [-0.3, -0.25) is 0 Å². The van der Waals surface area contributed by atoms with Gasteiger partial charge < -0.3 is 29.7 Å². The molecule has 3 aliphatic rings. The number of aryl methyl sites for hydroxylation is 1. The van der Waals surface area contributed by atoms with Crippen LogP contribution in [0.25, 0.3) is 11.5 Å². The number of nitriles is 1. The number of likely N-dealkylation sites (tertiary alicyclic amines) is 1. The summed E-state index contributed by atoms with van der Waals surface area (Å²) < 4.78 is 11.6. The van der Waals surface area contributed by atoms with E-state index in [1.807, 2.05) is 25.7 Å². The number of nitrogen functional groups attached to an aromatic ring is 1. The van der Waals surface area contributed by atoms with Crippen molar-refractivity contribution in [2.24, 2.45) is 0 Å². The van der Waals surface area contributed by atoms with E-state index in [2.05, 4.69) is 47.1 Å². The van der Waals surface area contributed by atoms with E-state index in [-0.39, 0.29) is 12.0 Å². The average Bonchev–Trinajstić information content (AvgIpc) is 3.62. The van der Waals surface area contributed by atoms with Crippen molar-refractivity contribution in [2.75, 3.05) is 56.9 Å². The van der Waals surface area contributed by atoms with E-state index < -0.39 is 11.0 Å². The molecule has 1 unspecified atom stereocenters. The van der Waals surface area contributed by atoms with E-state index in [1.54, 1.807) is 0 Å². The zero-order valence-electron chi connectivity index (χ0n) is 26.4. The van der Waals surface area contributed by atoms with Gasteiger partial charge in [0.15, 0.2) is 0 Å². The number of piperazine rings is 1. The normalized spacial score (nSPS) is 21.6. The second kappa shape index (κ2) is 11.7. The standard InChI is InChI=1S/C32H42N8O3S/c1-31(2,3)42-30(41)40-11-8-20(9-12-40)21-17-23(35-25(18-21)39-15-13-38(5)14-16-39)28-36-29(43-37-28)32(4)10-6-7-24-26(32)22(19-33)27(34)44-24/h17-18,20H,6-16,34H2,1-5H3.